The van der Waals surface area contributed by atoms with Gasteiger partial charge in [0, 0.05) is 80.1 Å². The van der Waals surface area contributed by atoms with E-state index in [4.69, 9.17) is 4.74 Å². The third-order valence-electron chi connectivity index (χ3n) is 9.94. The van der Waals surface area contributed by atoms with Crippen LogP contribution in [0, 0.1) is 0 Å². The average molecular weight is 871 g/mol. The Morgan fingerprint density at radius 1 is 0.803 bits per heavy atom. The number of nitrogens with zero attached hydrogens (tertiary/aromatic N) is 3. The number of benzene rings is 2. The van der Waals surface area contributed by atoms with E-state index >= 15 is 0 Å². The van der Waals surface area contributed by atoms with Crippen LogP contribution in [0.3, 0.4) is 0 Å². The lowest BCUT2D eigenvalue weighted by atomic mass is 10.1. The topological polar surface area (TPSA) is 187 Å². The number of β-amino-alcohol motifs (C(OH)–C–C–N with tert-alkyl or cyclic N) is 2. The molecule has 2 aliphatic rings. The van der Waals surface area contributed by atoms with Crippen molar-refractivity contribution in [2.45, 2.75) is 43.7 Å². The number of carbonyl (C=O) groups excluding carboxylic acids is 3. The van der Waals surface area contributed by atoms with Gasteiger partial charge in [-0.25, -0.2) is 14.6 Å². The van der Waals surface area contributed by atoms with Crippen molar-refractivity contribution >= 4 is 81.2 Å². The molecule has 0 saturated carbocycles. The molecule has 2 fully saturated rings. The standard InChI is InChI=1S/C45H52N6O8S2/c1-3-32(4-5-33-8-12-36(13-9-33)50-29-38(52)26-40(50)44(56)57)16-19-46-28-42(54)47-20-24-60-61-25-21-48-43(55)31-49-22-17-35(18-23-49)7-6-34-10-14-37(15-11-34)51-30-39(53)27-41(51)45(58)59-2/h3-19,22-23,38-41,52-53H,1,20-21,24-31H2,2H3,(H2-,47,48,54,55,56,57)/p+2/b5-4+,32-16+,46-19?. The zero-order valence-corrected chi connectivity index (χ0v) is 35.7. The summed E-state index contributed by atoms with van der Waals surface area (Å²) in [4.78, 5) is 55.0. The zero-order chi connectivity index (χ0) is 43.6. The summed E-state index contributed by atoms with van der Waals surface area (Å²) in [5, 5.41) is 35.3. The fourth-order valence-corrected chi connectivity index (χ4v) is 8.59. The first-order valence-electron chi connectivity index (χ1n) is 20.0. The predicted octanol–water partition coefficient (Wildman–Crippen LogP) is 1.87. The molecule has 5 rings (SSSR count). The van der Waals surface area contributed by atoms with Crippen molar-refractivity contribution in [3.8, 4) is 0 Å². The van der Waals surface area contributed by atoms with Gasteiger partial charge >= 0.3 is 11.9 Å². The number of anilines is 2. The number of hydrogen-bond donors (Lipinski definition) is 6. The van der Waals surface area contributed by atoms with E-state index in [1.54, 1.807) is 38.8 Å². The molecule has 2 aliphatic heterocycles. The summed E-state index contributed by atoms with van der Waals surface area (Å²) in [5.41, 5.74) is 5.31. The molecule has 4 atom stereocenters. The minimum Gasteiger partial charge on any atom is -0.480 e. The molecule has 1 aromatic heterocycles. The number of methoxy groups -OCH3 is 1. The van der Waals surface area contributed by atoms with Crippen LogP contribution in [0.15, 0.2) is 103 Å². The SMILES string of the molecule is C=CC(/C=C/c1ccc(N2CC(O)CC2C(=O)O)cc1)=C\C=[NH+]CC(=O)NCCSSCCNC(=O)C[n+]1ccc(/C=C/c2ccc(N3CC(O)CC3C(=O)OC)cc2)cc1. The Kier molecular flexibility index (Phi) is 18.2. The number of nitrogens with one attached hydrogen (secondary N) is 3. The maximum Gasteiger partial charge on any atom is 0.328 e. The van der Waals surface area contributed by atoms with Gasteiger partial charge < -0.3 is 40.5 Å². The van der Waals surface area contributed by atoms with Crippen molar-refractivity contribution in [1.29, 1.82) is 0 Å². The van der Waals surface area contributed by atoms with Gasteiger partial charge in [0.05, 0.1) is 19.3 Å². The Balaban J connectivity index is 0.904. The van der Waals surface area contributed by atoms with Crippen molar-refractivity contribution in [1.82, 2.24) is 10.6 Å². The number of ether oxygens (including phenoxy) is 1. The normalized spacial score (nSPS) is 19.2. The van der Waals surface area contributed by atoms with Crippen LogP contribution in [0.5, 0.6) is 0 Å². The Morgan fingerprint density at radius 3 is 1.89 bits per heavy atom. The van der Waals surface area contributed by atoms with Gasteiger partial charge in [-0.05, 0) is 46.5 Å². The van der Waals surface area contributed by atoms with E-state index in [-0.39, 0.29) is 43.8 Å². The number of aromatic nitrogens is 1. The molecule has 16 heteroatoms. The highest BCUT2D eigenvalue weighted by molar-refractivity contribution is 8.76. The number of pyridine rings is 1. The summed E-state index contributed by atoms with van der Waals surface area (Å²) >= 11 is 0. The number of aliphatic hydroxyl groups is 2. The third kappa shape index (κ3) is 14.8. The van der Waals surface area contributed by atoms with Crippen LogP contribution in [-0.2, 0) is 30.5 Å². The van der Waals surface area contributed by atoms with Gasteiger partial charge in [0.15, 0.2) is 18.6 Å². The number of allylic oxidation sites excluding steroid dienone is 4. The molecule has 14 nitrogen and oxygen atoms in total. The number of carboxylic acids is 1. The molecular formula is C45H54N6O8S2+2. The number of aliphatic carboxylic acids is 1. The van der Waals surface area contributed by atoms with E-state index in [1.807, 2.05) is 113 Å². The highest BCUT2D eigenvalue weighted by Gasteiger charge is 2.37. The monoisotopic (exact) mass is 870 g/mol. The van der Waals surface area contributed by atoms with Crippen LogP contribution in [0.25, 0.3) is 18.2 Å². The lowest BCUT2D eigenvalue weighted by Gasteiger charge is -2.24. The number of carboxylic acid groups (broad SMARTS) is 1. The molecule has 0 spiro atoms. The van der Waals surface area contributed by atoms with Crippen molar-refractivity contribution in [2.24, 2.45) is 0 Å². The van der Waals surface area contributed by atoms with Crippen molar-refractivity contribution in [2.75, 3.05) is 61.1 Å². The Labute approximate surface area is 364 Å². The molecule has 0 aliphatic carbocycles. The van der Waals surface area contributed by atoms with Crippen LogP contribution < -0.4 is 30.0 Å². The summed E-state index contributed by atoms with van der Waals surface area (Å²) in [5.74, 6) is -0.0462. The van der Waals surface area contributed by atoms with Gasteiger partial charge in [-0.15, -0.1) is 0 Å². The number of aliphatic hydroxyl groups excluding tert-OH is 2. The quantitative estimate of drug-likeness (QED) is 0.0229. The van der Waals surface area contributed by atoms with E-state index < -0.39 is 30.3 Å². The van der Waals surface area contributed by atoms with E-state index in [0.717, 1.165) is 45.1 Å². The summed E-state index contributed by atoms with van der Waals surface area (Å²) in [6.07, 6.45) is 16.0. The molecular weight excluding hydrogens is 817 g/mol. The van der Waals surface area contributed by atoms with E-state index in [9.17, 15) is 34.5 Å². The minimum absolute atomic E-state index is 0.0781. The van der Waals surface area contributed by atoms with Crippen LogP contribution in [-0.4, -0.2) is 121 Å². The fourth-order valence-electron chi connectivity index (χ4n) is 6.78. The van der Waals surface area contributed by atoms with E-state index in [0.29, 0.717) is 26.1 Å². The largest absolute Gasteiger partial charge is 0.480 e. The lowest BCUT2D eigenvalue weighted by Crippen LogP contribution is -2.72. The smallest absolute Gasteiger partial charge is 0.328 e. The van der Waals surface area contributed by atoms with Crippen molar-refractivity contribution in [3.63, 3.8) is 0 Å². The lowest BCUT2D eigenvalue weighted by molar-refractivity contribution is -0.684. The van der Waals surface area contributed by atoms with Crippen LogP contribution in [0.1, 0.15) is 29.5 Å². The second-order valence-corrected chi connectivity index (χ2v) is 17.1. The minimum atomic E-state index is -0.947. The van der Waals surface area contributed by atoms with E-state index in [1.165, 1.54) is 7.11 Å². The average Bonchev–Trinajstić information content (AvgIpc) is 3.86. The number of esters is 1. The fraction of sp³-hybridized carbons (Fsp3) is 0.333. The highest BCUT2D eigenvalue weighted by atomic mass is 33.1. The Hall–Kier alpha value is -5.68. The predicted molar refractivity (Wildman–Crippen MR) is 242 cm³/mol. The summed E-state index contributed by atoms with van der Waals surface area (Å²) in [7, 11) is 4.62. The first-order chi connectivity index (χ1) is 29.5. The van der Waals surface area contributed by atoms with Gasteiger partial charge in [-0.2, -0.15) is 4.57 Å². The van der Waals surface area contributed by atoms with Crippen LogP contribution >= 0.6 is 21.6 Å². The van der Waals surface area contributed by atoms with Crippen molar-refractivity contribution in [3.05, 3.63) is 120 Å². The second kappa shape index (κ2) is 23.9. The molecule has 3 heterocycles. The van der Waals surface area contributed by atoms with Gasteiger partial charge in [-0.3, -0.25) is 9.59 Å². The molecule has 2 saturated heterocycles. The first-order valence-corrected chi connectivity index (χ1v) is 22.4. The highest BCUT2D eigenvalue weighted by Crippen LogP contribution is 2.28. The molecule has 61 heavy (non-hydrogen) atoms. The third-order valence-corrected chi connectivity index (χ3v) is 12.3. The molecule has 2 amide bonds. The summed E-state index contributed by atoms with van der Waals surface area (Å²) in [6.45, 7) is 5.90. The maximum absolute atomic E-state index is 12.5. The van der Waals surface area contributed by atoms with Crippen LogP contribution in [0.4, 0.5) is 11.4 Å². The maximum atomic E-state index is 12.5. The molecule has 4 unspecified atom stereocenters. The molecule has 6 N–H and O–H groups in total. The number of rotatable bonds is 21. The molecule has 0 bridgehead atoms. The second-order valence-electron chi connectivity index (χ2n) is 14.4. The van der Waals surface area contributed by atoms with E-state index in [2.05, 4.69) is 22.2 Å². The Morgan fingerprint density at radius 2 is 1.33 bits per heavy atom. The molecule has 3 aromatic rings. The Bertz CT molecular complexity index is 2080. The number of hydrogen-bond acceptors (Lipinski definition) is 11. The van der Waals surface area contributed by atoms with Gasteiger partial charge in [-0.1, -0.05) is 82.8 Å². The molecule has 322 valence electrons. The first kappa shape index (κ1) is 46.4. The number of amides is 2. The van der Waals surface area contributed by atoms with Gasteiger partial charge in [0.1, 0.15) is 12.1 Å². The van der Waals surface area contributed by atoms with Gasteiger partial charge in [0.2, 0.25) is 13.1 Å². The summed E-state index contributed by atoms with van der Waals surface area (Å²) in [6, 6.07) is 17.9. The molecule has 2 aromatic carbocycles. The number of carbonyl (C=O) groups is 4. The van der Waals surface area contributed by atoms with Crippen molar-refractivity contribution < 1.29 is 48.8 Å². The van der Waals surface area contributed by atoms with Crippen LogP contribution in [0.2, 0.25) is 0 Å². The zero-order valence-electron chi connectivity index (χ0n) is 34.1. The summed E-state index contributed by atoms with van der Waals surface area (Å²) < 4.78 is 6.72. The molecule has 0 radical (unpaired) electrons. The van der Waals surface area contributed by atoms with Gasteiger partial charge in [0.25, 0.3) is 11.8 Å².